The van der Waals surface area contributed by atoms with Crippen LogP contribution in [0.25, 0.3) is 11.4 Å². The van der Waals surface area contributed by atoms with Gasteiger partial charge in [-0.3, -0.25) is 4.57 Å². The second-order valence-corrected chi connectivity index (χ2v) is 6.17. The van der Waals surface area contributed by atoms with Crippen molar-refractivity contribution in [3.05, 3.63) is 24.3 Å². The molecule has 1 aromatic carbocycles. The Hall–Kier alpha value is -2.04. The molecule has 7 heteroatoms. The number of aromatic nitrogens is 3. The zero-order valence-corrected chi connectivity index (χ0v) is 13.8. The second kappa shape index (κ2) is 7.49. The van der Waals surface area contributed by atoms with E-state index in [2.05, 4.69) is 20.8 Å². The highest BCUT2D eigenvalue weighted by Gasteiger charge is 2.21. The highest BCUT2D eigenvalue weighted by atomic mass is 32.2. The van der Waals surface area contributed by atoms with Crippen molar-refractivity contribution in [2.45, 2.75) is 30.6 Å². The van der Waals surface area contributed by atoms with Crippen molar-refractivity contribution >= 4 is 11.8 Å². The van der Waals surface area contributed by atoms with Crippen molar-refractivity contribution in [3.8, 4) is 23.2 Å². The minimum absolute atomic E-state index is 0.185. The molecule has 2 heterocycles. The highest BCUT2D eigenvalue weighted by Crippen LogP contribution is 2.27. The summed E-state index contributed by atoms with van der Waals surface area (Å²) in [6.07, 6.45) is 2.32. The van der Waals surface area contributed by atoms with Gasteiger partial charge in [0.05, 0.1) is 31.6 Å². The van der Waals surface area contributed by atoms with Crippen molar-refractivity contribution in [2.24, 2.45) is 0 Å². The number of hydrogen-bond donors (Lipinski definition) is 0. The molecule has 1 unspecified atom stereocenters. The van der Waals surface area contributed by atoms with Crippen molar-refractivity contribution in [2.75, 3.05) is 19.5 Å². The lowest BCUT2D eigenvalue weighted by Gasteiger charge is -2.14. The Morgan fingerprint density at radius 3 is 2.87 bits per heavy atom. The standard InChI is InChI=1S/C16H18N4O2S/c1-21-13-6-4-12(5-7-13)15-18-19-16(23-10-8-17)20(15)11-14-3-2-9-22-14/h4-7,14H,2-3,9-11H2,1H3. The topological polar surface area (TPSA) is 73.0 Å². The number of ether oxygens (including phenoxy) is 2. The Kier molecular flexibility index (Phi) is 5.16. The van der Waals surface area contributed by atoms with Gasteiger partial charge < -0.3 is 9.47 Å². The van der Waals surface area contributed by atoms with Gasteiger partial charge in [-0.25, -0.2) is 0 Å². The van der Waals surface area contributed by atoms with E-state index in [-0.39, 0.29) is 6.10 Å². The van der Waals surface area contributed by atoms with Crippen LogP contribution in [0.5, 0.6) is 5.75 Å². The molecule has 0 saturated carbocycles. The van der Waals surface area contributed by atoms with Crippen LogP contribution in [0.15, 0.2) is 29.4 Å². The Labute approximate surface area is 139 Å². The number of hydrogen-bond acceptors (Lipinski definition) is 6. The van der Waals surface area contributed by atoms with E-state index in [0.717, 1.165) is 41.7 Å². The largest absolute Gasteiger partial charge is 0.497 e. The quantitative estimate of drug-likeness (QED) is 0.758. The first-order valence-electron chi connectivity index (χ1n) is 7.51. The maximum absolute atomic E-state index is 8.82. The van der Waals surface area contributed by atoms with Crippen LogP contribution in [0, 0.1) is 11.3 Å². The van der Waals surface area contributed by atoms with Gasteiger partial charge in [-0.2, -0.15) is 5.26 Å². The first kappa shape index (κ1) is 15.8. The summed E-state index contributed by atoms with van der Waals surface area (Å²) in [5, 5.41) is 18.2. The molecule has 0 spiro atoms. The molecule has 2 aromatic rings. The number of methoxy groups -OCH3 is 1. The van der Waals surface area contributed by atoms with Gasteiger partial charge in [-0.05, 0) is 37.1 Å². The van der Waals surface area contributed by atoms with Gasteiger partial charge in [-0.15, -0.1) is 10.2 Å². The fourth-order valence-corrected chi connectivity index (χ4v) is 3.21. The molecule has 0 aliphatic carbocycles. The average molecular weight is 330 g/mol. The number of nitrogens with zero attached hydrogens (tertiary/aromatic N) is 4. The van der Waals surface area contributed by atoms with Gasteiger partial charge in [-0.1, -0.05) is 11.8 Å². The number of rotatable bonds is 6. The number of nitriles is 1. The van der Waals surface area contributed by atoms with Crippen molar-refractivity contribution in [3.63, 3.8) is 0 Å². The number of thioether (sulfide) groups is 1. The Morgan fingerprint density at radius 2 is 2.22 bits per heavy atom. The first-order valence-corrected chi connectivity index (χ1v) is 8.49. The fourth-order valence-electron chi connectivity index (χ4n) is 2.60. The molecule has 1 aliphatic rings. The maximum atomic E-state index is 8.82. The van der Waals surface area contributed by atoms with Crippen LogP contribution in [0.3, 0.4) is 0 Å². The Bertz CT molecular complexity index is 687. The molecule has 0 radical (unpaired) electrons. The predicted octanol–water partition coefficient (Wildman–Crippen LogP) is 2.75. The van der Waals surface area contributed by atoms with Crippen LogP contribution in [-0.4, -0.2) is 40.3 Å². The molecule has 23 heavy (non-hydrogen) atoms. The summed E-state index contributed by atoms with van der Waals surface area (Å²) in [4.78, 5) is 0. The van der Waals surface area contributed by atoms with E-state index in [4.69, 9.17) is 14.7 Å². The van der Waals surface area contributed by atoms with E-state index in [9.17, 15) is 0 Å². The lowest BCUT2D eigenvalue weighted by atomic mass is 10.2. The lowest BCUT2D eigenvalue weighted by molar-refractivity contribution is 0.0953. The van der Waals surface area contributed by atoms with Crippen molar-refractivity contribution in [1.82, 2.24) is 14.8 Å². The molecule has 1 fully saturated rings. The summed E-state index contributed by atoms with van der Waals surface area (Å²) in [5.74, 6) is 1.95. The monoisotopic (exact) mass is 330 g/mol. The van der Waals surface area contributed by atoms with Crippen LogP contribution in [0.2, 0.25) is 0 Å². The normalized spacial score (nSPS) is 17.1. The minimum Gasteiger partial charge on any atom is -0.497 e. The third-order valence-corrected chi connectivity index (χ3v) is 4.57. The third kappa shape index (κ3) is 3.66. The maximum Gasteiger partial charge on any atom is 0.192 e. The third-order valence-electron chi connectivity index (χ3n) is 3.74. The predicted molar refractivity (Wildman–Crippen MR) is 87.3 cm³/mol. The molecule has 1 atom stereocenters. The molecular formula is C16H18N4O2S. The molecule has 1 saturated heterocycles. The molecule has 0 N–H and O–H groups in total. The van der Waals surface area contributed by atoms with Gasteiger partial charge in [0, 0.05) is 12.2 Å². The summed E-state index contributed by atoms with van der Waals surface area (Å²) in [5.41, 5.74) is 0.972. The molecule has 120 valence electrons. The van der Waals surface area contributed by atoms with Crippen molar-refractivity contribution in [1.29, 1.82) is 5.26 Å². The average Bonchev–Trinajstić information content (AvgIpc) is 3.24. The van der Waals surface area contributed by atoms with Crippen LogP contribution in [0.1, 0.15) is 12.8 Å². The summed E-state index contributed by atoms with van der Waals surface area (Å²) >= 11 is 1.40. The van der Waals surface area contributed by atoms with E-state index in [1.165, 1.54) is 11.8 Å². The van der Waals surface area contributed by atoms with E-state index in [0.29, 0.717) is 12.3 Å². The van der Waals surface area contributed by atoms with E-state index < -0.39 is 0 Å². The molecule has 0 amide bonds. The van der Waals surface area contributed by atoms with Crippen LogP contribution in [-0.2, 0) is 11.3 Å². The van der Waals surface area contributed by atoms with Gasteiger partial charge in [0.2, 0.25) is 0 Å². The van der Waals surface area contributed by atoms with Gasteiger partial charge >= 0.3 is 0 Å². The Balaban J connectivity index is 1.90. The van der Waals surface area contributed by atoms with E-state index >= 15 is 0 Å². The number of benzene rings is 1. The van der Waals surface area contributed by atoms with E-state index in [1.54, 1.807) is 7.11 Å². The second-order valence-electron chi connectivity index (χ2n) is 5.23. The summed E-state index contributed by atoms with van der Waals surface area (Å²) in [6.45, 7) is 1.52. The zero-order valence-electron chi connectivity index (χ0n) is 12.9. The van der Waals surface area contributed by atoms with Gasteiger partial charge in [0.25, 0.3) is 0 Å². The summed E-state index contributed by atoms with van der Waals surface area (Å²) in [7, 11) is 1.64. The SMILES string of the molecule is COc1ccc(-c2nnc(SCC#N)n2CC2CCCO2)cc1. The molecule has 1 aliphatic heterocycles. The van der Waals surface area contributed by atoms with Crippen LogP contribution in [0.4, 0.5) is 0 Å². The fraction of sp³-hybridized carbons (Fsp3) is 0.438. The van der Waals surface area contributed by atoms with Crippen LogP contribution < -0.4 is 4.74 Å². The summed E-state index contributed by atoms with van der Waals surface area (Å²) in [6, 6.07) is 9.88. The van der Waals surface area contributed by atoms with Crippen LogP contribution >= 0.6 is 11.8 Å². The minimum atomic E-state index is 0.185. The Morgan fingerprint density at radius 1 is 1.39 bits per heavy atom. The smallest absolute Gasteiger partial charge is 0.192 e. The van der Waals surface area contributed by atoms with Gasteiger partial charge in [0.1, 0.15) is 5.75 Å². The van der Waals surface area contributed by atoms with Gasteiger partial charge in [0.15, 0.2) is 11.0 Å². The highest BCUT2D eigenvalue weighted by molar-refractivity contribution is 7.99. The lowest BCUT2D eigenvalue weighted by Crippen LogP contribution is -2.16. The molecule has 1 aromatic heterocycles. The molecule has 3 rings (SSSR count). The molecular weight excluding hydrogens is 312 g/mol. The first-order chi connectivity index (χ1) is 11.3. The van der Waals surface area contributed by atoms with Crippen molar-refractivity contribution < 1.29 is 9.47 Å². The molecule has 6 nitrogen and oxygen atoms in total. The molecule has 0 bridgehead atoms. The zero-order chi connectivity index (χ0) is 16.1. The summed E-state index contributed by atoms with van der Waals surface area (Å²) < 4.78 is 13.0. The van der Waals surface area contributed by atoms with E-state index in [1.807, 2.05) is 24.3 Å².